The molecule has 0 spiro atoms. The molecule has 1 saturated heterocycles. The largest absolute Gasteiger partial charge is 0.481 e. The second kappa shape index (κ2) is 5.20. The number of carboxylic acid groups (broad SMARTS) is 1. The number of hydrogen-bond acceptors (Lipinski definition) is 3. The molecule has 21 heavy (non-hydrogen) atoms. The highest BCUT2D eigenvalue weighted by Gasteiger charge is 2.29. The lowest BCUT2D eigenvalue weighted by Crippen LogP contribution is -2.42. The van der Waals surface area contributed by atoms with Crippen molar-refractivity contribution in [1.82, 2.24) is 14.3 Å². The van der Waals surface area contributed by atoms with Crippen LogP contribution in [-0.2, 0) is 4.79 Å². The number of nitrogens with zero attached hydrogens (tertiary/aromatic N) is 3. The van der Waals surface area contributed by atoms with Gasteiger partial charge in [-0.1, -0.05) is 6.07 Å². The molecule has 1 atom stereocenters. The molecule has 1 aliphatic heterocycles. The van der Waals surface area contributed by atoms with E-state index in [-0.39, 0.29) is 12.5 Å². The summed E-state index contributed by atoms with van der Waals surface area (Å²) < 4.78 is 1.87. The monoisotopic (exact) mass is 287 g/mol. The molecular formula is C15H17N3O3. The Morgan fingerprint density at radius 3 is 2.90 bits per heavy atom. The highest BCUT2D eigenvalue weighted by Crippen LogP contribution is 2.19. The highest BCUT2D eigenvalue weighted by atomic mass is 16.4. The Labute approximate surface area is 122 Å². The molecule has 110 valence electrons. The fourth-order valence-corrected chi connectivity index (χ4v) is 2.78. The van der Waals surface area contributed by atoms with Gasteiger partial charge < -0.3 is 14.4 Å². The summed E-state index contributed by atoms with van der Waals surface area (Å²) in [6.07, 6.45) is 3.07. The van der Waals surface area contributed by atoms with E-state index in [4.69, 9.17) is 5.11 Å². The van der Waals surface area contributed by atoms with Crippen molar-refractivity contribution in [1.29, 1.82) is 0 Å². The van der Waals surface area contributed by atoms with Crippen LogP contribution in [-0.4, -0.2) is 44.4 Å². The first-order valence-electron chi connectivity index (χ1n) is 7.03. The third kappa shape index (κ3) is 2.49. The topological polar surface area (TPSA) is 74.9 Å². The van der Waals surface area contributed by atoms with Gasteiger partial charge in [0.15, 0.2) is 0 Å². The first-order valence-corrected chi connectivity index (χ1v) is 7.03. The van der Waals surface area contributed by atoms with Crippen molar-refractivity contribution in [2.75, 3.05) is 13.1 Å². The summed E-state index contributed by atoms with van der Waals surface area (Å²) in [5, 5.41) is 9.10. The van der Waals surface area contributed by atoms with Crippen molar-refractivity contribution in [3.05, 3.63) is 35.8 Å². The van der Waals surface area contributed by atoms with Gasteiger partial charge in [0.25, 0.3) is 5.91 Å². The van der Waals surface area contributed by atoms with Crippen molar-refractivity contribution in [3.63, 3.8) is 0 Å². The van der Waals surface area contributed by atoms with E-state index >= 15 is 0 Å². The number of aliphatic carboxylic acids is 1. The van der Waals surface area contributed by atoms with Gasteiger partial charge >= 0.3 is 5.97 Å². The summed E-state index contributed by atoms with van der Waals surface area (Å²) >= 11 is 0. The van der Waals surface area contributed by atoms with E-state index in [9.17, 15) is 9.59 Å². The van der Waals surface area contributed by atoms with Gasteiger partial charge in [0.1, 0.15) is 11.3 Å². The van der Waals surface area contributed by atoms with Gasteiger partial charge in [-0.15, -0.1) is 0 Å². The number of imidazole rings is 1. The molecule has 2 aromatic heterocycles. The van der Waals surface area contributed by atoms with Crippen molar-refractivity contribution in [3.8, 4) is 0 Å². The summed E-state index contributed by atoms with van der Waals surface area (Å²) in [7, 11) is 0. The molecule has 0 aliphatic carbocycles. The molecule has 3 rings (SSSR count). The van der Waals surface area contributed by atoms with Crippen molar-refractivity contribution >= 4 is 17.5 Å². The van der Waals surface area contributed by atoms with E-state index < -0.39 is 11.9 Å². The van der Waals surface area contributed by atoms with Gasteiger partial charge in [0, 0.05) is 25.0 Å². The van der Waals surface area contributed by atoms with Crippen LogP contribution in [0.25, 0.3) is 5.65 Å². The number of amides is 1. The van der Waals surface area contributed by atoms with Gasteiger partial charge in [-0.2, -0.15) is 0 Å². The van der Waals surface area contributed by atoms with Crippen LogP contribution in [0.15, 0.2) is 24.4 Å². The third-order valence-electron chi connectivity index (χ3n) is 3.97. The van der Waals surface area contributed by atoms with E-state index in [0.717, 1.165) is 17.8 Å². The minimum atomic E-state index is -0.835. The number of pyridine rings is 1. The number of carboxylic acids is 1. The number of hydrogen-bond donors (Lipinski definition) is 1. The Morgan fingerprint density at radius 2 is 2.19 bits per heavy atom. The van der Waals surface area contributed by atoms with Crippen LogP contribution >= 0.6 is 0 Å². The molecule has 6 heteroatoms. The maximum atomic E-state index is 12.5. The second-order valence-electron chi connectivity index (χ2n) is 5.45. The lowest BCUT2D eigenvalue weighted by Gasteiger charge is -2.30. The fourth-order valence-electron chi connectivity index (χ4n) is 2.78. The zero-order chi connectivity index (χ0) is 15.0. The lowest BCUT2D eigenvalue weighted by atomic mass is 9.98. The molecule has 2 aromatic rings. The molecule has 0 unspecified atom stereocenters. The smallest absolute Gasteiger partial charge is 0.308 e. The molecule has 1 N–H and O–H groups in total. The van der Waals surface area contributed by atoms with Crippen LogP contribution in [0.4, 0.5) is 0 Å². The average molecular weight is 287 g/mol. The van der Waals surface area contributed by atoms with Gasteiger partial charge in [-0.25, -0.2) is 4.98 Å². The maximum Gasteiger partial charge on any atom is 0.308 e. The molecule has 1 amide bonds. The standard InChI is InChI=1S/C15H17N3O3/c1-10-4-2-6-13-16-12(9-18(10)13)14(19)17-7-3-5-11(8-17)15(20)21/h2,4,6,9,11H,3,5,7-8H2,1H3,(H,20,21)/t11-/m0/s1. The van der Waals surface area contributed by atoms with Crippen LogP contribution < -0.4 is 0 Å². The molecule has 0 bridgehead atoms. The Balaban J connectivity index is 1.86. The quantitative estimate of drug-likeness (QED) is 0.910. The van der Waals surface area contributed by atoms with Crippen LogP contribution in [0, 0.1) is 12.8 Å². The number of rotatable bonds is 2. The number of carbonyl (C=O) groups excluding carboxylic acids is 1. The first kappa shape index (κ1) is 13.6. The molecule has 3 heterocycles. The lowest BCUT2D eigenvalue weighted by molar-refractivity contribution is -0.143. The summed E-state index contributed by atoms with van der Waals surface area (Å²) in [5.74, 6) is -1.50. The third-order valence-corrected chi connectivity index (χ3v) is 3.97. The SMILES string of the molecule is Cc1cccc2nc(C(=O)N3CCC[C@H](C(=O)O)C3)cn12. The molecule has 6 nitrogen and oxygen atoms in total. The fraction of sp³-hybridized carbons (Fsp3) is 0.400. The zero-order valence-electron chi connectivity index (χ0n) is 11.8. The van der Waals surface area contributed by atoms with Crippen molar-refractivity contribution < 1.29 is 14.7 Å². The van der Waals surface area contributed by atoms with Gasteiger partial charge in [0.05, 0.1) is 5.92 Å². The number of likely N-dealkylation sites (tertiary alicyclic amines) is 1. The predicted octanol–water partition coefficient (Wildman–Crippen LogP) is 1.58. The van der Waals surface area contributed by atoms with Crippen molar-refractivity contribution in [2.24, 2.45) is 5.92 Å². The minimum Gasteiger partial charge on any atom is -0.481 e. The van der Waals surface area contributed by atoms with Crippen LogP contribution in [0.5, 0.6) is 0 Å². The predicted molar refractivity (Wildman–Crippen MR) is 76.2 cm³/mol. The zero-order valence-corrected chi connectivity index (χ0v) is 11.8. The number of aromatic nitrogens is 2. The maximum absolute atomic E-state index is 12.5. The van der Waals surface area contributed by atoms with E-state index in [1.165, 1.54) is 0 Å². The van der Waals surface area contributed by atoms with Gasteiger partial charge in [-0.3, -0.25) is 9.59 Å². The minimum absolute atomic E-state index is 0.191. The van der Waals surface area contributed by atoms with Crippen LogP contribution in [0.1, 0.15) is 29.0 Å². The van der Waals surface area contributed by atoms with Gasteiger partial charge in [-0.05, 0) is 31.9 Å². The number of fused-ring (bicyclic) bond motifs is 1. The molecule has 0 saturated carbocycles. The Bertz CT molecular complexity index is 707. The molecule has 0 radical (unpaired) electrons. The van der Waals surface area contributed by atoms with E-state index in [2.05, 4.69) is 4.98 Å². The van der Waals surface area contributed by atoms with Crippen LogP contribution in [0.2, 0.25) is 0 Å². The summed E-state index contributed by atoms with van der Waals surface area (Å²) in [5.41, 5.74) is 2.10. The molecular weight excluding hydrogens is 270 g/mol. The van der Waals surface area contributed by atoms with Crippen molar-refractivity contribution in [2.45, 2.75) is 19.8 Å². The second-order valence-corrected chi connectivity index (χ2v) is 5.45. The average Bonchev–Trinajstić information content (AvgIpc) is 2.92. The number of carbonyl (C=O) groups is 2. The summed E-state index contributed by atoms with van der Waals surface area (Å²) in [6.45, 7) is 2.81. The van der Waals surface area contributed by atoms with Crippen LogP contribution in [0.3, 0.4) is 0 Å². The Hall–Kier alpha value is -2.37. The molecule has 1 fully saturated rings. The highest BCUT2D eigenvalue weighted by molar-refractivity contribution is 5.93. The van der Waals surface area contributed by atoms with E-state index in [1.807, 2.05) is 29.5 Å². The molecule has 1 aliphatic rings. The van der Waals surface area contributed by atoms with E-state index in [1.54, 1.807) is 11.1 Å². The number of piperidine rings is 1. The number of aryl methyl sites for hydroxylation is 1. The van der Waals surface area contributed by atoms with Gasteiger partial charge in [0.2, 0.25) is 0 Å². The van der Waals surface area contributed by atoms with E-state index in [0.29, 0.717) is 18.7 Å². The Morgan fingerprint density at radius 1 is 1.38 bits per heavy atom. The summed E-state index contributed by atoms with van der Waals surface area (Å²) in [4.78, 5) is 29.5. The Kier molecular flexibility index (Phi) is 3.37. The normalized spacial score (nSPS) is 18.9. The molecule has 0 aromatic carbocycles. The summed E-state index contributed by atoms with van der Waals surface area (Å²) in [6, 6.07) is 5.69. The first-order chi connectivity index (χ1) is 10.1.